The monoisotopic (exact) mass is 325 g/mol. The molecule has 2 aromatic carbocycles. The molecule has 1 N–H and O–H groups in total. The molecule has 2 aromatic rings. The normalized spacial score (nSPS) is 11.8. The number of carbonyl (C=O) groups excluding carboxylic acids is 1. The zero-order valence-corrected chi connectivity index (χ0v) is 15.1. The van der Waals surface area contributed by atoms with Crippen LogP contribution < -0.4 is 10.1 Å². The highest BCUT2D eigenvalue weighted by Crippen LogP contribution is 2.22. The van der Waals surface area contributed by atoms with Gasteiger partial charge in [-0.2, -0.15) is 0 Å². The van der Waals surface area contributed by atoms with Gasteiger partial charge in [0.05, 0.1) is 12.6 Å². The molecule has 24 heavy (non-hydrogen) atoms. The summed E-state index contributed by atoms with van der Waals surface area (Å²) in [4.78, 5) is 12.5. The average molecular weight is 325 g/mol. The number of hydrogen-bond donors (Lipinski definition) is 1. The van der Waals surface area contributed by atoms with Crippen molar-refractivity contribution in [2.45, 2.75) is 46.6 Å². The smallest absolute Gasteiger partial charge is 0.251 e. The maximum absolute atomic E-state index is 12.5. The minimum Gasteiger partial charge on any atom is -0.494 e. The van der Waals surface area contributed by atoms with E-state index in [9.17, 15) is 4.79 Å². The Kier molecular flexibility index (Phi) is 6.42. The molecule has 2 rings (SSSR count). The van der Waals surface area contributed by atoms with Gasteiger partial charge < -0.3 is 10.1 Å². The summed E-state index contributed by atoms with van der Waals surface area (Å²) >= 11 is 0. The fourth-order valence-corrected chi connectivity index (χ4v) is 2.78. The van der Waals surface area contributed by atoms with Crippen molar-refractivity contribution in [1.29, 1.82) is 0 Å². The zero-order valence-electron chi connectivity index (χ0n) is 15.1. The van der Waals surface area contributed by atoms with E-state index < -0.39 is 0 Å². The summed E-state index contributed by atoms with van der Waals surface area (Å²) < 4.78 is 5.56. The lowest BCUT2D eigenvalue weighted by molar-refractivity contribution is 0.0935. The van der Waals surface area contributed by atoms with E-state index >= 15 is 0 Å². The molecule has 0 fully saturated rings. The van der Waals surface area contributed by atoms with Gasteiger partial charge in [0.1, 0.15) is 5.75 Å². The average Bonchev–Trinajstić information content (AvgIpc) is 2.58. The summed E-state index contributed by atoms with van der Waals surface area (Å²) in [6.45, 7) is 9.03. The molecule has 1 unspecified atom stereocenters. The summed E-state index contributed by atoms with van der Waals surface area (Å²) in [5.41, 5.74) is 4.28. The number of ether oxygens (including phenoxy) is 1. The largest absolute Gasteiger partial charge is 0.494 e. The molecule has 0 heterocycles. The van der Waals surface area contributed by atoms with E-state index in [1.807, 2.05) is 24.3 Å². The number of carbonyl (C=O) groups is 1. The lowest BCUT2D eigenvalue weighted by atomic mass is 9.97. The standard InChI is InChI=1S/C21H27NO2/c1-5-13-24-18-10-8-17(9-11-18)21(23)22-20(6-2)19-12-7-15(3)14-16(19)4/h7-12,14,20H,5-6,13H2,1-4H3,(H,22,23). The molecule has 1 atom stereocenters. The van der Waals surface area contributed by atoms with Crippen LogP contribution in [0.15, 0.2) is 42.5 Å². The van der Waals surface area contributed by atoms with Crippen molar-refractivity contribution in [2.24, 2.45) is 0 Å². The van der Waals surface area contributed by atoms with Gasteiger partial charge in [-0.3, -0.25) is 4.79 Å². The van der Waals surface area contributed by atoms with Crippen LogP contribution in [0.3, 0.4) is 0 Å². The van der Waals surface area contributed by atoms with Crippen molar-refractivity contribution < 1.29 is 9.53 Å². The van der Waals surface area contributed by atoms with Crippen molar-refractivity contribution in [2.75, 3.05) is 6.61 Å². The van der Waals surface area contributed by atoms with Crippen LogP contribution >= 0.6 is 0 Å². The number of benzene rings is 2. The minimum atomic E-state index is -0.0520. The van der Waals surface area contributed by atoms with Gasteiger partial charge in [-0.15, -0.1) is 0 Å². The third kappa shape index (κ3) is 4.60. The predicted octanol–water partition coefficient (Wildman–Crippen LogP) is 4.97. The molecule has 0 bridgehead atoms. The topological polar surface area (TPSA) is 38.3 Å². The van der Waals surface area contributed by atoms with Gasteiger partial charge in [-0.25, -0.2) is 0 Å². The third-order valence-corrected chi connectivity index (χ3v) is 4.10. The van der Waals surface area contributed by atoms with E-state index in [2.05, 4.69) is 51.2 Å². The summed E-state index contributed by atoms with van der Waals surface area (Å²) in [5, 5.41) is 3.14. The quantitative estimate of drug-likeness (QED) is 0.780. The molecule has 0 spiro atoms. The minimum absolute atomic E-state index is 0.0223. The highest BCUT2D eigenvalue weighted by atomic mass is 16.5. The van der Waals surface area contributed by atoms with E-state index in [1.54, 1.807) is 0 Å². The van der Waals surface area contributed by atoms with Gasteiger partial charge in [0.25, 0.3) is 5.91 Å². The second-order valence-electron chi connectivity index (χ2n) is 6.17. The maximum Gasteiger partial charge on any atom is 0.251 e. The Morgan fingerprint density at radius 2 is 1.79 bits per heavy atom. The van der Waals surface area contributed by atoms with Gasteiger partial charge in [-0.05, 0) is 62.1 Å². The molecular weight excluding hydrogens is 298 g/mol. The molecule has 0 aliphatic heterocycles. The highest BCUT2D eigenvalue weighted by molar-refractivity contribution is 5.94. The van der Waals surface area contributed by atoms with Crippen LogP contribution in [0.2, 0.25) is 0 Å². The summed E-state index contributed by atoms with van der Waals surface area (Å²) in [5.74, 6) is 0.749. The summed E-state index contributed by atoms with van der Waals surface area (Å²) in [7, 11) is 0. The molecule has 0 saturated heterocycles. The van der Waals surface area contributed by atoms with Gasteiger partial charge >= 0.3 is 0 Å². The van der Waals surface area contributed by atoms with Crippen LogP contribution in [0.25, 0.3) is 0 Å². The van der Waals surface area contributed by atoms with Crippen molar-refractivity contribution in [3.63, 3.8) is 0 Å². The van der Waals surface area contributed by atoms with Crippen LogP contribution in [-0.2, 0) is 0 Å². The van der Waals surface area contributed by atoms with Gasteiger partial charge in [0.15, 0.2) is 0 Å². The Morgan fingerprint density at radius 1 is 1.08 bits per heavy atom. The van der Waals surface area contributed by atoms with Crippen molar-refractivity contribution in [3.05, 3.63) is 64.7 Å². The molecule has 0 radical (unpaired) electrons. The Morgan fingerprint density at radius 3 is 2.38 bits per heavy atom. The summed E-state index contributed by atoms with van der Waals surface area (Å²) in [6, 6.07) is 13.7. The number of hydrogen-bond acceptors (Lipinski definition) is 2. The molecule has 128 valence electrons. The fraction of sp³-hybridized carbons (Fsp3) is 0.381. The van der Waals surface area contributed by atoms with Crippen LogP contribution in [-0.4, -0.2) is 12.5 Å². The lowest BCUT2D eigenvalue weighted by Crippen LogP contribution is -2.28. The molecule has 0 aliphatic rings. The third-order valence-electron chi connectivity index (χ3n) is 4.10. The van der Waals surface area contributed by atoms with Crippen LogP contribution in [0.1, 0.15) is 59.8 Å². The molecule has 1 amide bonds. The van der Waals surface area contributed by atoms with E-state index in [0.29, 0.717) is 12.2 Å². The summed E-state index contributed by atoms with van der Waals surface area (Å²) in [6.07, 6.45) is 1.82. The number of aryl methyl sites for hydroxylation is 2. The number of amides is 1. The second kappa shape index (κ2) is 8.53. The van der Waals surface area contributed by atoms with E-state index in [1.165, 1.54) is 16.7 Å². The van der Waals surface area contributed by atoms with Gasteiger partial charge in [0, 0.05) is 5.56 Å². The highest BCUT2D eigenvalue weighted by Gasteiger charge is 2.16. The molecule has 0 aliphatic carbocycles. The maximum atomic E-state index is 12.5. The molecule has 3 nitrogen and oxygen atoms in total. The van der Waals surface area contributed by atoms with Crippen LogP contribution in [0, 0.1) is 13.8 Å². The molecule has 3 heteroatoms. The lowest BCUT2D eigenvalue weighted by Gasteiger charge is -2.20. The first-order valence-electron chi connectivity index (χ1n) is 8.66. The van der Waals surface area contributed by atoms with Crippen LogP contribution in [0.4, 0.5) is 0 Å². The Bertz CT molecular complexity index is 677. The van der Waals surface area contributed by atoms with Crippen molar-refractivity contribution in [1.82, 2.24) is 5.32 Å². The first-order valence-corrected chi connectivity index (χ1v) is 8.66. The molecular formula is C21H27NO2. The van der Waals surface area contributed by atoms with Gasteiger partial charge in [0.2, 0.25) is 0 Å². The SMILES string of the molecule is CCCOc1ccc(C(=O)NC(CC)c2ccc(C)cc2C)cc1. The molecule has 0 saturated carbocycles. The predicted molar refractivity (Wildman–Crippen MR) is 98.6 cm³/mol. The zero-order chi connectivity index (χ0) is 17.5. The van der Waals surface area contributed by atoms with Crippen LogP contribution in [0.5, 0.6) is 5.75 Å². The van der Waals surface area contributed by atoms with Crippen molar-refractivity contribution in [3.8, 4) is 5.75 Å². The molecule has 0 aromatic heterocycles. The Hall–Kier alpha value is -2.29. The fourth-order valence-electron chi connectivity index (χ4n) is 2.78. The first-order chi connectivity index (χ1) is 11.5. The van der Waals surface area contributed by atoms with E-state index in [0.717, 1.165) is 18.6 Å². The number of rotatable bonds is 7. The van der Waals surface area contributed by atoms with Gasteiger partial charge in [-0.1, -0.05) is 37.6 Å². The second-order valence-corrected chi connectivity index (χ2v) is 6.17. The van der Waals surface area contributed by atoms with E-state index in [-0.39, 0.29) is 11.9 Å². The first kappa shape index (κ1) is 18.1. The number of nitrogens with one attached hydrogen (secondary N) is 1. The Labute approximate surface area is 145 Å². The van der Waals surface area contributed by atoms with E-state index in [4.69, 9.17) is 4.74 Å². The van der Waals surface area contributed by atoms with Crippen molar-refractivity contribution >= 4 is 5.91 Å². The Balaban J connectivity index is 2.08.